The minimum Gasteiger partial charge on any atom is -0.375 e. The van der Waals surface area contributed by atoms with Crippen LogP contribution in [0.4, 0.5) is 5.13 Å². The molecule has 0 atom stereocenters. The van der Waals surface area contributed by atoms with Crippen LogP contribution in [0.5, 0.6) is 0 Å². The van der Waals surface area contributed by atoms with E-state index in [9.17, 15) is 4.79 Å². The highest BCUT2D eigenvalue weighted by Gasteiger charge is 2.08. The van der Waals surface area contributed by atoms with Crippen molar-refractivity contribution in [3.8, 4) is 0 Å². The van der Waals surface area contributed by atoms with Crippen LogP contribution >= 0.6 is 11.3 Å². The van der Waals surface area contributed by atoms with E-state index >= 15 is 0 Å². The topological polar surface area (TPSA) is 56.0 Å². The molecule has 1 aromatic heterocycles. The quantitative estimate of drug-likeness (QED) is 0.823. The van der Waals surface area contributed by atoms with Crippen molar-refractivity contribution in [2.75, 3.05) is 5.73 Å². The van der Waals surface area contributed by atoms with Gasteiger partial charge in [0.25, 0.3) is 0 Å². The number of carbonyl (C=O) groups excluding carboxylic acids is 1. The number of benzene rings is 1. The highest BCUT2D eigenvalue weighted by atomic mass is 32.1. The highest BCUT2D eigenvalue weighted by Crippen LogP contribution is 2.21. The second kappa shape index (κ2) is 4.90. The molecule has 16 heavy (non-hydrogen) atoms. The normalized spacial score (nSPS) is 10.2. The Kier molecular flexibility index (Phi) is 3.31. The van der Waals surface area contributed by atoms with Gasteiger partial charge in [-0.1, -0.05) is 30.3 Å². The van der Waals surface area contributed by atoms with Crippen molar-refractivity contribution in [1.29, 1.82) is 0 Å². The standard InChI is InChI=1S/C12H12N2OS/c13-12-14-10(8-15)11(16-12)7-6-9-4-2-1-3-5-9/h1-5,8H,6-7H2,(H2,13,14). The molecule has 1 heterocycles. The van der Waals surface area contributed by atoms with E-state index in [1.165, 1.54) is 16.9 Å². The molecule has 0 fully saturated rings. The van der Waals surface area contributed by atoms with Crippen LogP contribution in [-0.2, 0) is 12.8 Å². The van der Waals surface area contributed by atoms with Gasteiger partial charge in [-0.15, -0.1) is 11.3 Å². The van der Waals surface area contributed by atoms with Crippen molar-refractivity contribution in [1.82, 2.24) is 4.98 Å². The van der Waals surface area contributed by atoms with Gasteiger partial charge < -0.3 is 5.73 Å². The van der Waals surface area contributed by atoms with E-state index in [1.54, 1.807) is 0 Å². The number of aromatic nitrogens is 1. The van der Waals surface area contributed by atoms with Gasteiger partial charge in [0.05, 0.1) is 0 Å². The Morgan fingerprint density at radius 2 is 2.00 bits per heavy atom. The number of nitrogens with zero attached hydrogens (tertiary/aromatic N) is 1. The smallest absolute Gasteiger partial charge is 0.180 e. The molecular formula is C12H12N2OS. The zero-order valence-electron chi connectivity index (χ0n) is 8.72. The number of anilines is 1. The maximum Gasteiger partial charge on any atom is 0.180 e. The van der Waals surface area contributed by atoms with E-state index in [0.717, 1.165) is 24.0 Å². The summed E-state index contributed by atoms with van der Waals surface area (Å²) in [6.07, 6.45) is 2.49. The molecule has 0 saturated heterocycles. The summed E-state index contributed by atoms with van der Waals surface area (Å²) in [5, 5.41) is 0.463. The Morgan fingerprint density at radius 1 is 1.25 bits per heavy atom. The monoisotopic (exact) mass is 232 g/mol. The van der Waals surface area contributed by atoms with Crippen LogP contribution in [0.3, 0.4) is 0 Å². The SMILES string of the molecule is Nc1nc(C=O)c(CCc2ccccc2)s1. The Balaban J connectivity index is 2.07. The Bertz CT molecular complexity index is 479. The van der Waals surface area contributed by atoms with Gasteiger partial charge in [0, 0.05) is 4.88 Å². The third kappa shape index (κ3) is 2.46. The van der Waals surface area contributed by atoms with Gasteiger partial charge in [-0.3, -0.25) is 4.79 Å². The lowest BCUT2D eigenvalue weighted by Gasteiger charge is -1.99. The number of hydrogen-bond acceptors (Lipinski definition) is 4. The predicted octanol–water partition coefficient (Wildman–Crippen LogP) is 2.32. The molecule has 0 saturated carbocycles. The minimum atomic E-state index is 0.463. The molecule has 2 rings (SSSR count). The molecule has 82 valence electrons. The number of thiazole rings is 1. The molecule has 0 bridgehead atoms. The van der Waals surface area contributed by atoms with Crippen LogP contribution in [0.2, 0.25) is 0 Å². The van der Waals surface area contributed by atoms with Crippen molar-refractivity contribution in [3.63, 3.8) is 0 Å². The van der Waals surface area contributed by atoms with Crippen LogP contribution in [0.1, 0.15) is 20.9 Å². The third-order valence-corrected chi connectivity index (χ3v) is 3.30. The number of nitrogens with two attached hydrogens (primary N) is 1. The zero-order valence-corrected chi connectivity index (χ0v) is 9.54. The number of hydrogen-bond donors (Lipinski definition) is 1. The molecular weight excluding hydrogens is 220 g/mol. The molecule has 0 aliphatic heterocycles. The van der Waals surface area contributed by atoms with Gasteiger partial charge in [0.15, 0.2) is 11.4 Å². The van der Waals surface area contributed by atoms with Gasteiger partial charge >= 0.3 is 0 Å². The first-order valence-corrected chi connectivity index (χ1v) is 5.85. The lowest BCUT2D eigenvalue weighted by Crippen LogP contribution is -1.93. The van der Waals surface area contributed by atoms with E-state index in [2.05, 4.69) is 17.1 Å². The largest absolute Gasteiger partial charge is 0.375 e. The second-order valence-corrected chi connectivity index (χ2v) is 4.58. The van der Waals surface area contributed by atoms with Crippen LogP contribution in [0, 0.1) is 0 Å². The number of aldehydes is 1. The summed E-state index contributed by atoms with van der Waals surface area (Å²) in [5.41, 5.74) is 7.31. The molecule has 0 aliphatic carbocycles. The fourth-order valence-electron chi connectivity index (χ4n) is 1.56. The van der Waals surface area contributed by atoms with Crippen molar-refractivity contribution < 1.29 is 4.79 Å². The molecule has 2 aromatic rings. The molecule has 0 amide bonds. The third-order valence-electron chi connectivity index (χ3n) is 2.34. The first kappa shape index (κ1) is 10.8. The first-order chi connectivity index (χ1) is 7.79. The summed E-state index contributed by atoms with van der Waals surface area (Å²) < 4.78 is 0. The summed E-state index contributed by atoms with van der Waals surface area (Å²) in [6.45, 7) is 0. The highest BCUT2D eigenvalue weighted by molar-refractivity contribution is 7.15. The molecule has 0 spiro atoms. The second-order valence-electron chi connectivity index (χ2n) is 3.46. The number of aryl methyl sites for hydroxylation is 2. The number of rotatable bonds is 4. The van der Waals surface area contributed by atoms with Crippen molar-refractivity contribution in [3.05, 3.63) is 46.5 Å². The van der Waals surface area contributed by atoms with Crippen molar-refractivity contribution in [2.45, 2.75) is 12.8 Å². The van der Waals surface area contributed by atoms with E-state index in [4.69, 9.17) is 5.73 Å². The van der Waals surface area contributed by atoms with E-state index < -0.39 is 0 Å². The van der Waals surface area contributed by atoms with Crippen LogP contribution in [-0.4, -0.2) is 11.3 Å². The summed E-state index contributed by atoms with van der Waals surface area (Å²) >= 11 is 1.39. The van der Waals surface area contributed by atoms with Crippen LogP contribution in [0.25, 0.3) is 0 Å². The molecule has 4 heteroatoms. The molecule has 0 unspecified atom stereocenters. The maximum atomic E-state index is 10.7. The Hall–Kier alpha value is -1.68. The van der Waals surface area contributed by atoms with E-state index in [1.807, 2.05) is 18.2 Å². The Morgan fingerprint density at radius 3 is 2.69 bits per heavy atom. The van der Waals surface area contributed by atoms with Gasteiger partial charge in [-0.2, -0.15) is 0 Å². The molecule has 3 nitrogen and oxygen atoms in total. The summed E-state index contributed by atoms with van der Waals surface area (Å²) in [5.74, 6) is 0. The van der Waals surface area contributed by atoms with Gasteiger partial charge in [-0.05, 0) is 18.4 Å². The maximum absolute atomic E-state index is 10.7. The summed E-state index contributed by atoms with van der Waals surface area (Å²) in [4.78, 5) is 15.7. The minimum absolute atomic E-state index is 0.463. The molecule has 2 N–H and O–H groups in total. The number of carbonyl (C=O) groups is 1. The van der Waals surface area contributed by atoms with Crippen LogP contribution in [0.15, 0.2) is 30.3 Å². The van der Waals surface area contributed by atoms with Gasteiger partial charge in [-0.25, -0.2) is 4.98 Å². The molecule has 0 aliphatic rings. The summed E-state index contributed by atoms with van der Waals surface area (Å²) in [7, 11) is 0. The van der Waals surface area contributed by atoms with Gasteiger partial charge in [0.2, 0.25) is 0 Å². The van der Waals surface area contributed by atoms with Crippen molar-refractivity contribution >= 4 is 22.8 Å². The molecule has 0 radical (unpaired) electrons. The first-order valence-electron chi connectivity index (χ1n) is 5.04. The fraction of sp³-hybridized carbons (Fsp3) is 0.167. The average molecular weight is 232 g/mol. The zero-order chi connectivity index (χ0) is 11.4. The van der Waals surface area contributed by atoms with Crippen molar-refractivity contribution in [2.24, 2.45) is 0 Å². The van der Waals surface area contributed by atoms with Gasteiger partial charge in [0.1, 0.15) is 5.69 Å². The lowest BCUT2D eigenvalue weighted by atomic mass is 10.1. The Labute approximate surface area is 97.9 Å². The van der Waals surface area contributed by atoms with E-state index in [0.29, 0.717) is 10.8 Å². The average Bonchev–Trinajstić information content (AvgIpc) is 2.68. The predicted molar refractivity (Wildman–Crippen MR) is 65.8 cm³/mol. The lowest BCUT2D eigenvalue weighted by molar-refractivity contribution is 0.111. The summed E-state index contributed by atoms with van der Waals surface area (Å²) in [6, 6.07) is 10.2. The molecule has 1 aromatic carbocycles. The number of nitrogen functional groups attached to an aromatic ring is 1. The van der Waals surface area contributed by atoms with Crippen LogP contribution < -0.4 is 5.73 Å². The van der Waals surface area contributed by atoms with E-state index in [-0.39, 0.29) is 0 Å². The fourth-order valence-corrected chi connectivity index (χ4v) is 2.36.